The van der Waals surface area contributed by atoms with Crippen LogP contribution in [0.15, 0.2) is 54.6 Å². The molecule has 2 rings (SSSR count). The van der Waals surface area contributed by atoms with Crippen LogP contribution in [-0.2, 0) is 4.79 Å². The minimum absolute atomic E-state index is 0.00289. The second-order valence-corrected chi connectivity index (χ2v) is 5.94. The minimum atomic E-state index is 0.00289. The summed E-state index contributed by atoms with van der Waals surface area (Å²) in [7, 11) is 0. The molecule has 0 spiro atoms. The molecule has 0 fully saturated rings. The number of amides is 1. The van der Waals surface area contributed by atoms with Gasteiger partial charge in [-0.05, 0) is 65.8 Å². The highest BCUT2D eigenvalue weighted by Gasteiger charge is 2.13. The summed E-state index contributed by atoms with van der Waals surface area (Å²) in [4.78, 5) is 14.2. The number of carbonyl (C=O) groups excluding carboxylic acids is 1. The Morgan fingerprint density at radius 2 is 1.90 bits per heavy atom. The quantitative estimate of drug-likeness (QED) is 0.548. The van der Waals surface area contributed by atoms with E-state index in [1.165, 1.54) is 5.56 Å². The molecule has 3 heteroatoms. The first-order chi connectivity index (χ1) is 10.1. The average molecular weight is 391 g/mol. The zero-order valence-electron chi connectivity index (χ0n) is 12.2. The van der Waals surface area contributed by atoms with E-state index < -0.39 is 0 Å². The predicted molar refractivity (Wildman–Crippen MR) is 97.4 cm³/mol. The van der Waals surface area contributed by atoms with E-state index in [1.807, 2.05) is 55.5 Å². The topological polar surface area (TPSA) is 20.3 Å². The number of hydrogen-bond donors (Lipinski definition) is 0. The van der Waals surface area contributed by atoms with Gasteiger partial charge in [0.1, 0.15) is 0 Å². The fourth-order valence-electron chi connectivity index (χ4n) is 2.10. The van der Waals surface area contributed by atoms with Gasteiger partial charge in [-0.1, -0.05) is 36.4 Å². The van der Waals surface area contributed by atoms with Gasteiger partial charge in [-0.2, -0.15) is 0 Å². The Bertz CT molecular complexity index is 650. The fraction of sp³-hybridized carbons (Fsp3) is 0.167. The van der Waals surface area contributed by atoms with Crippen molar-refractivity contribution in [3.8, 4) is 0 Å². The van der Waals surface area contributed by atoms with Crippen molar-refractivity contribution in [3.63, 3.8) is 0 Å². The van der Waals surface area contributed by atoms with E-state index in [9.17, 15) is 4.79 Å². The molecule has 0 atom stereocenters. The Morgan fingerprint density at radius 3 is 2.52 bits per heavy atom. The molecule has 0 radical (unpaired) electrons. The summed E-state index contributed by atoms with van der Waals surface area (Å²) in [5, 5.41) is 0. The summed E-state index contributed by atoms with van der Waals surface area (Å²) < 4.78 is 1.09. The van der Waals surface area contributed by atoms with E-state index in [2.05, 4.69) is 35.6 Å². The minimum Gasteiger partial charge on any atom is -0.308 e. The van der Waals surface area contributed by atoms with Gasteiger partial charge in [0, 0.05) is 16.2 Å². The molecular formula is C18H18INO. The first-order valence-electron chi connectivity index (χ1n) is 6.92. The first-order valence-corrected chi connectivity index (χ1v) is 8.00. The van der Waals surface area contributed by atoms with Gasteiger partial charge < -0.3 is 4.90 Å². The third-order valence-corrected chi connectivity index (χ3v) is 4.06. The Hall–Kier alpha value is -1.62. The number of halogens is 1. The van der Waals surface area contributed by atoms with Crippen molar-refractivity contribution >= 4 is 40.3 Å². The van der Waals surface area contributed by atoms with Gasteiger partial charge in [-0.3, -0.25) is 4.79 Å². The van der Waals surface area contributed by atoms with Crippen LogP contribution in [0.2, 0.25) is 0 Å². The van der Waals surface area contributed by atoms with Crippen molar-refractivity contribution in [1.82, 2.24) is 0 Å². The van der Waals surface area contributed by atoms with E-state index in [4.69, 9.17) is 0 Å². The lowest BCUT2D eigenvalue weighted by molar-refractivity contribution is -0.114. The predicted octanol–water partition coefficient (Wildman–Crippen LogP) is 4.67. The Morgan fingerprint density at radius 1 is 1.19 bits per heavy atom. The normalized spacial score (nSPS) is 10.8. The Kier molecular flexibility index (Phi) is 5.56. The van der Waals surface area contributed by atoms with Gasteiger partial charge in [-0.15, -0.1) is 0 Å². The summed E-state index contributed by atoms with van der Waals surface area (Å²) in [6.45, 7) is 4.70. The summed E-state index contributed by atoms with van der Waals surface area (Å²) >= 11 is 2.28. The monoisotopic (exact) mass is 391 g/mol. The lowest BCUT2D eigenvalue weighted by Crippen LogP contribution is -2.29. The van der Waals surface area contributed by atoms with Crippen molar-refractivity contribution in [2.24, 2.45) is 0 Å². The summed E-state index contributed by atoms with van der Waals surface area (Å²) in [5.74, 6) is 0.00289. The van der Waals surface area contributed by atoms with Crippen LogP contribution in [0, 0.1) is 10.5 Å². The maximum atomic E-state index is 12.4. The molecule has 0 aliphatic rings. The standard InChI is InChI=1S/C18H18INO/c1-3-20(17-11-9-14(2)13-16(17)19)18(21)12-10-15-7-5-4-6-8-15/h4-13H,3H2,1-2H3/b12-10+. The van der Waals surface area contributed by atoms with E-state index in [1.54, 1.807) is 11.0 Å². The van der Waals surface area contributed by atoms with Crippen molar-refractivity contribution < 1.29 is 4.79 Å². The molecule has 0 aliphatic carbocycles. The van der Waals surface area contributed by atoms with Crippen molar-refractivity contribution in [1.29, 1.82) is 0 Å². The highest BCUT2D eigenvalue weighted by Crippen LogP contribution is 2.24. The number of rotatable bonds is 4. The van der Waals surface area contributed by atoms with Crippen LogP contribution in [0.4, 0.5) is 5.69 Å². The number of nitrogens with zero attached hydrogens (tertiary/aromatic N) is 1. The molecule has 0 N–H and O–H groups in total. The molecule has 108 valence electrons. The smallest absolute Gasteiger partial charge is 0.251 e. The van der Waals surface area contributed by atoms with Gasteiger partial charge in [0.2, 0.25) is 0 Å². The highest BCUT2D eigenvalue weighted by molar-refractivity contribution is 14.1. The van der Waals surface area contributed by atoms with Crippen LogP contribution in [0.1, 0.15) is 18.1 Å². The number of hydrogen-bond acceptors (Lipinski definition) is 1. The van der Waals surface area contributed by atoms with Gasteiger partial charge in [0.15, 0.2) is 0 Å². The number of anilines is 1. The molecule has 0 saturated heterocycles. The van der Waals surface area contributed by atoms with Gasteiger partial charge in [0.05, 0.1) is 5.69 Å². The largest absolute Gasteiger partial charge is 0.308 e. The van der Waals surface area contributed by atoms with Crippen molar-refractivity contribution in [3.05, 3.63) is 69.3 Å². The van der Waals surface area contributed by atoms with E-state index >= 15 is 0 Å². The third kappa shape index (κ3) is 4.17. The summed E-state index contributed by atoms with van der Waals surface area (Å²) in [5.41, 5.74) is 3.19. The van der Waals surface area contributed by atoms with Crippen LogP contribution in [0.5, 0.6) is 0 Å². The molecule has 2 aromatic rings. The zero-order chi connectivity index (χ0) is 15.2. The second-order valence-electron chi connectivity index (χ2n) is 4.78. The molecular weight excluding hydrogens is 373 g/mol. The lowest BCUT2D eigenvalue weighted by Gasteiger charge is -2.21. The lowest BCUT2D eigenvalue weighted by atomic mass is 10.2. The van der Waals surface area contributed by atoms with Crippen LogP contribution in [-0.4, -0.2) is 12.5 Å². The first kappa shape index (κ1) is 15.8. The molecule has 0 heterocycles. The van der Waals surface area contributed by atoms with E-state index in [0.717, 1.165) is 14.8 Å². The number of likely N-dealkylation sites (N-methyl/N-ethyl adjacent to an activating group) is 1. The Balaban J connectivity index is 2.21. The molecule has 0 bridgehead atoms. The summed E-state index contributed by atoms with van der Waals surface area (Å²) in [6, 6.07) is 16.0. The molecule has 0 aromatic heterocycles. The summed E-state index contributed by atoms with van der Waals surface area (Å²) in [6.07, 6.45) is 3.49. The maximum absolute atomic E-state index is 12.4. The molecule has 2 nitrogen and oxygen atoms in total. The van der Waals surface area contributed by atoms with Crippen molar-refractivity contribution in [2.75, 3.05) is 11.4 Å². The number of benzene rings is 2. The number of aryl methyl sites for hydroxylation is 1. The van der Waals surface area contributed by atoms with Crippen LogP contribution in [0.3, 0.4) is 0 Å². The average Bonchev–Trinajstić information content (AvgIpc) is 2.49. The molecule has 21 heavy (non-hydrogen) atoms. The van der Waals surface area contributed by atoms with Gasteiger partial charge in [-0.25, -0.2) is 0 Å². The second kappa shape index (κ2) is 7.41. The van der Waals surface area contributed by atoms with Gasteiger partial charge in [0.25, 0.3) is 5.91 Å². The van der Waals surface area contributed by atoms with Crippen LogP contribution in [0.25, 0.3) is 6.08 Å². The van der Waals surface area contributed by atoms with Crippen LogP contribution >= 0.6 is 22.6 Å². The van der Waals surface area contributed by atoms with E-state index in [-0.39, 0.29) is 5.91 Å². The fourth-order valence-corrected chi connectivity index (χ4v) is 3.06. The molecule has 2 aromatic carbocycles. The molecule has 0 aliphatic heterocycles. The number of carbonyl (C=O) groups is 1. The maximum Gasteiger partial charge on any atom is 0.251 e. The molecule has 0 unspecified atom stereocenters. The van der Waals surface area contributed by atoms with E-state index in [0.29, 0.717) is 6.54 Å². The van der Waals surface area contributed by atoms with Crippen molar-refractivity contribution in [2.45, 2.75) is 13.8 Å². The highest BCUT2D eigenvalue weighted by atomic mass is 127. The molecule has 1 amide bonds. The van der Waals surface area contributed by atoms with Crippen LogP contribution < -0.4 is 4.90 Å². The third-order valence-electron chi connectivity index (χ3n) is 3.19. The Labute approximate surface area is 139 Å². The van der Waals surface area contributed by atoms with Gasteiger partial charge >= 0.3 is 0 Å². The zero-order valence-corrected chi connectivity index (χ0v) is 14.4. The SMILES string of the molecule is CCN(C(=O)/C=C/c1ccccc1)c1ccc(C)cc1I. The molecule has 0 saturated carbocycles.